The Kier molecular flexibility index (Phi) is 4.42. The third kappa shape index (κ3) is 3.08. The van der Waals surface area contributed by atoms with E-state index in [0.717, 1.165) is 12.8 Å². The minimum absolute atomic E-state index is 0.0699. The van der Waals surface area contributed by atoms with Gasteiger partial charge in [-0.2, -0.15) is 0 Å². The van der Waals surface area contributed by atoms with Gasteiger partial charge in [0.15, 0.2) is 4.77 Å². The monoisotopic (exact) mass is 365 g/mol. The van der Waals surface area contributed by atoms with Crippen molar-refractivity contribution < 1.29 is 4.79 Å². The zero-order valence-electron chi connectivity index (χ0n) is 14.2. The van der Waals surface area contributed by atoms with Crippen LogP contribution in [0.3, 0.4) is 0 Å². The largest absolute Gasteiger partial charge is 0.349 e. The van der Waals surface area contributed by atoms with Crippen LogP contribution in [0.15, 0.2) is 53.3 Å². The Balaban J connectivity index is 1.67. The van der Waals surface area contributed by atoms with Gasteiger partial charge in [-0.15, -0.1) is 0 Å². The maximum absolute atomic E-state index is 12.8. The number of carbonyl (C=O) groups is 1. The average molecular weight is 365 g/mol. The Bertz CT molecular complexity index is 1080. The van der Waals surface area contributed by atoms with E-state index in [1.54, 1.807) is 30.3 Å². The molecule has 1 aromatic heterocycles. The molecule has 2 N–H and O–H groups in total. The Morgan fingerprint density at radius 2 is 1.77 bits per heavy atom. The zero-order chi connectivity index (χ0) is 18.1. The Morgan fingerprint density at radius 1 is 1.08 bits per heavy atom. The standard InChI is InChI=1S/C20H19N3O2S/c24-18(21-14-5-1-2-6-14)13-9-11-15(12-10-13)23-19(25)16-7-3-4-8-17(16)22-20(23)26/h3-4,7-12,14H,1-2,5-6H2,(H,21,24)(H,22,26). The fraction of sp³-hybridized carbons (Fsp3) is 0.250. The van der Waals surface area contributed by atoms with Crippen molar-refractivity contribution >= 4 is 29.0 Å². The summed E-state index contributed by atoms with van der Waals surface area (Å²) in [4.78, 5) is 28.2. The summed E-state index contributed by atoms with van der Waals surface area (Å²) in [7, 11) is 0. The number of aromatic amines is 1. The van der Waals surface area contributed by atoms with Gasteiger partial charge in [-0.25, -0.2) is 0 Å². The molecule has 0 radical (unpaired) electrons. The van der Waals surface area contributed by atoms with E-state index >= 15 is 0 Å². The van der Waals surface area contributed by atoms with Crippen LogP contribution in [0, 0.1) is 4.77 Å². The lowest BCUT2D eigenvalue weighted by Crippen LogP contribution is -2.32. The lowest BCUT2D eigenvalue weighted by molar-refractivity contribution is 0.0938. The minimum atomic E-state index is -0.174. The molecule has 0 unspecified atom stereocenters. The highest BCUT2D eigenvalue weighted by Gasteiger charge is 2.18. The average Bonchev–Trinajstić information content (AvgIpc) is 3.15. The minimum Gasteiger partial charge on any atom is -0.349 e. The Hall–Kier alpha value is -2.73. The predicted molar refractivity (Wildman–Crippen MR) is 104 cm³/mol. The van der Waals surface area contributed by atoms with E-state index in [1.807, 2.05) is 18.2 Å². The first kappa shape index (κ1) is 16.7. The number of hydrogen-bond donors (Lipinski definition) is 2. The van der Waals surface area contributed by atoms with E-state index in [4.69, 9.17) is 12.2 Å². The number of hydrogen-bond acceptors (Lipinski definition) is 3. The zero-order valence-corrected chi connectivity index (χ0v) is 15.0. The fourth-order valence-corrected chi connectivity index (χ4v) is 3.80. The second kappa shape index (κ2) is 6.88. The molecule has 2 aromatic carbocycles. The molecule has 0 bridgehead atoms. The molecule has 0 spiro atoms. The van der Waals surface area contributed by atoms with E-state index in [1.165, 1.54) is 17.4 Å². The van der Waals surface area contributed by atoms with E-state index < -0.39 is 0 Å². The highest BCUT2D eigenvalue weighted by atomic mass is 32.1. The predicted octanol–water partition coefficient (Wildman–Crippen LogP) is 3.72. The molecule has 0 saturated heterocycles. The van der Waals surface area contributed by atoms with Crippen molar-refractivity contribution in [2.45, 2.75) is 31.7 Å². The molecule has 26 heavy (non-hydrogen) atoms. The fourth-order valence-electron chi connectivity index (χ4n) is 3.50. The van der Waals surface area contributed by atoms with Gasteiger partial charge in [0.2, 0.25) is 0 Å². The van der Waals surface area contributed by atoms with Gasteiger partial charge < -0.3 is 10.3 Å². The van der Waals surface area contributed by atoms with Crippen LogP contribution < -0.4 is 10.9 Å². The number of nitrogens with one attached hydrogen (secondary N) is 2. The third-order valence-electron chi connectivity index (χ3n) is 4.88. The van der Waals surface area contributed by atoms with Crippen LogP contribution in [0.4, 0.5) is 0 Å². The first-order valence-electron chi connectivity index (χ1n) is 8.79. The van der Waals surface area contributed by atoms with Crippen molar-refractivity contribution in [3.05, 3.63) is 69.2 Å². The normalized spacial score (nSPS) is 14.6. The van der Waals surface area contributed by atoms with Gasteiger partial charge >= 0.3 is 0 Å². The first-order valence-corrected chi connectivity index (χ1v) is 9.20. The number of para-hydroxylation sites is 1. The molecule has 1 amide bonds. The van der Waals surface area contributed by atoms with Crippen LogP contribution in [0.1, 0.15) is 36.0 Å². The van der Waals surface area contributed by atoms with Crippen molar-refractivity contribution in [2.75, 3.05) is 0 Å². The van der Waals surface area contributed by atoms with Crippen LogP contribution in [0.5, 0.6) is 0 Å². The molecule has 132 valence electrons. The molecule has 4 rings (SSSR count). The molecular formula is C20H19N3O2S. The third-order valence-corrected chi connectivity index (χ3v) is 5.17. The van der Waals surface area contributed by atoms with Gasteiger partial charge in [-0.05, 0) is 61.5 Å². The quantitative estimate of drug-likeness (QED) is 0.695. The van der Waals surface area contributed by atoms with Crippen LogP contribution in [0.2, 0.25) is 0 Å². The van der Waals surface area contributed by atoms with E-state index in [-0.39, 0.29) is 17.5 Å². The smallest absolute Gasteiger partial charge is 0.266 e. The summed E-state index contributed by atoms with van der Waals surface area (Å²) in [6.07, 6.45) is 4.44. The number of nitrogens with zero attached hydrogens (tertiary/aromatic N) is 1. The number of rotatable bonds is 3. The van der Waals surface area contributed by atoms with Crippen LogP contribution >= 0.6 is 12.2 Å². The second-order valence-electron chi connectivity index (χ2n) is 6.62. The maximum Gasteiger partial charge on any atom is 0.266 e. The van der Waals surface area contributed by atoms with Crippen molar-refractivity contribution in [2.24, 2.45) is 0 Å². The molecule has 6 heteroatoms. The number of carbonyl (C=O) groups excluding carboxylic acids is 1. The first-order chi connectivity index (χ1) is 12.6. The van der Waals surface area contributed by atoms with Gasteiger partial charge in [0.05, 0.1) is 16.6 Å². The molecule has 1 heterocycles. The van der Waals surface area contributed by atoms with Crippen LogP contribution in [0.25, 0.3) is 16.6 Å². The molecule has 1 fully saturated rings. The number of amides is 1. The second-order valence-corrected chi connectivity index (χ2v) is 7.00. The van der Waals surface area contributed by atoms with E-state index in [2.05, 4.69) is 10.3 Å². The van der Waals surface area contributed by atoms with E-state index in [9.17, 15) is 9.59 Å². The number of benzene rings is 2. The topological polar surface area (TPSA) is 66.9 Å². The SMILES string of the molecule is O=C(NC1CCCC1)c1ccc(-n2c(=S)[nH]c3ccccc3c2=O)cc1. The van der Waals surface area contributed by atoms with Gasteiger partial charge in [-0.3, -0.25) is 14.2 Å². The molecule has 1 aliphatic carbocycles. The highest BCUT2D eigenvalue weighted by Crippen LogP contribution is 2.18. The van der Waals surface area contributed by atoms with Crippen molar-refractivity contribution in [1.82, 2.24) is 14.9 Å². The summed E-state index contributed by atoms with van der Waals surface area (Å²) < 4.78 is 1.79. The van der Waals surface area contributed by atoms with Crippen molar-refractivity contribution in [3.8, 4) is 5.69 Å². The molecule has 0 aliphatic heterocycles. The molecule has 1 saturated carbocycles. The summed E-state index contributed by atoms with van der Waals surface area (Å²) in [5.41, 5.74) is 1.77. The van der Waals surface area contributed by atoms with Gasteiger partial charge in [-0.1, -0.05) is 25.0 Å². The molecule has 1 aliphatic rings. The van der Waals surface area contributed by atoms with Crippen molar-refractivity contribution in [1.29, 1.82) is 0 Å². The van der Waals surface area contributed by atoms with Gasteiger partial charge in [0.1, 0.15) is 0 Å². The van der Waals surface area contributed by atoms with Crippen LogP contribution in [-0.2, 0) is 0 Å². The molecular weight excluding hydrogens is 346 g/mol. The van der Waals surface area contributed by atoms with Gasteiger partial charge in [0, 0.05) is 11.6 Å². The summed E-state index contributed by atoms with van der Waals surface area (Å²) in [5, 5.41) is 3.64. The molecule has 5 nitrogen and oxygen atoms in total. The number of fused-ring (bicyclic) bond motifs is 1. The number of H-pyrrole nitrogens is 1. The Labute approximate surface area is 155 Å². The Morgan fingerprint density at radius 3 is 2.50 bits per heavy atom. The summed E-state index contributed by atoms with van der Waals surface area (Å²) in [6.45, 7) is 0. The molecule has 3 aromatic rings. The summed E-state index contributed by atoms with van der Waals surface area (Å²) in [5.74, 6) is -0.0699. The highest BCUT2D eigenvalue weighted by molar-refractivity contribution is 7.71. The van der Waals surface area contributed by atoms with Gasteiger partial charge in [0.25, 0.3) is 11.5 Å². The van der Waals surface area contributed by atoms with E-state index in [0.29, 0.717) is 26.9 Å². The maximum atomic E-state index is 12.8. The summed E-state index contributed by atoms with van der Waals surface area (Å²) >= 11 is 5.36. The summed E-state index contributed by atoms with van der Waals surface area (Å²) in [6, 6.07) is 14.5. The lowest BCUT2D eigenvalue weighted by Gasteiger charge is -2.12. The molecule has 0 atom stereocenters. The van der Waals surface area contributed by atoms with Crippen molar-refractivity contribution in [3.63, 3.8) is 0 Å². The van der Waals surface area contributed by atoms with Crippen LogP contribution in [-0.4, -0.2) is 21.5 Å². The number of aromatic nitrogens is 2. The lowest BCUT2D eigenvalue weighted by atomic mass is 10.1.